The van der Waals surface area contributed by atoms with E-state index in [9.17, 15) is 9.18 Å². The average Bonchev–Trinajstić information content (AvgIpc) is 2.40. The number of carbonyl (C=O) groups excluding carboxylic acids is 1. The lowest BCUT2D eigenvalue weighted by molar-refractivity contribution is 0.0907. The second-order valence-corrected chi connectivity index (χ2v) is 4.46. The molecule has 1 atom stereocenters. The van der Waals surface area contributed by atoms with Gasteiger partial charge in [0.15, 0.2) is 17.3 Å². The molecule has 1 rings (SSSR count). The van der Waals surface area contributed by atoms with Crippen molar-refractivity contribution in [2.24, 2.45) is 5.92 Å². The molecule has 100 valence electrons. The molecular formula is C15H21FO2. The third-order valence-corrected chi connectivity index (χ3v) is 3.21. The third kappa shape index (κ3) is 3.56. The van der Waals surface area contributed by atoms with Crippen LogP contribution in [0.2, 0.25) is 0 Å². The summed E-state index contributed by atoms with van der Waals surface area (Å²) in [4.78, 5) is 12.3. The molecule has 0 heterocycles. The lowest BCUT2D eigenvalue weighted by Crippen LogP contribution is -2.14. The molecular weight excluding hydrogens is 231 g/mol. The van der Waals surface area contributed by atoms with Gasteiger partial charge in [-0.25, -0.2) is 4.39 Å². The number of rotatable bonds is 7. The molecule has 0 aliphatic carbocycles. The molecule has 0 saturated carbocycles. The molecule has 0 amide bonds. The summed E-state index contributed by atoms with van der Waals surface area (Å²) in [5.74, 6) is -0.189. The highest BCUT2D eigenvalue weighted by molar-refractivity contribution is 5.98. The van der Waals surface area contributed by atoms with Crippen molar-refractivity contribution in [1.82, 2.24) is 0 Å². The quantitative estimate of drug-likeness (QED) is 0.679. The van der Waals surface area contributed by atoms with Gasteiger partial charge in [-0.05, 0) is 31.0 Å². The van der Waals surface area contributed by atoms with Crippen molar-refractivity contribution in [3.63, 3.8) is 0 Å². The molecule has 18 heavy (non-hydrogen) atoms. The number of hydrogen-bond acceptors (Lipinski definition) is 2. The third-order valence-electron chi connectivity index (χ3n) is 3.21. The van der Waals surface area contributed by atoms with Crippen LogP contribution in [0.5, 0.6) is 5.75 Å². The van der Waals surface area contributed by atoms with Crippen molar-refractivity contribution in [2.75, 3.05) is 7.11 Å². The normalized spacial score (nSPS) is 12.2. The van der Waals surface area contributed by atoms with E-state index in [0.717, 1.165) is 25.7 Å². The van der Waals surface area contributed by atoms with Crippen LogP contribution >= 0.6 is 0 Å². The van der Waals surface area contributed by atoms with Gasteiger partial charge in [0, 0.05) is 11.5 Å². The molecule has 0 bridgehead atoms. The van der Waals surface area contributed by atoms with E-state index in [-0.39, 0.29) is 17.5 Å². The second-order valence-electron chi connectivity index (χ2n) is 4.46. The summed E-state index contributed by atoms with van der Waals surface area (Å²) < 4.78 is 18.2. The maximum Gasteiger partial charge on any atom is 0.166 e. The molecule has 0 fully saturated rings. The van der Waals surface area contributed by atoms with Crippen LogP contribution in [0.1, 0.15) is 49.9 Å². The fraction of sp³-hybridized carbons (Fsp3) is 0.533. The fourth-order valence-corrected chi connectivity index (χ4v) is 2.02. The van der Waals surface area contributed by atoms with Gasteiger partial charge >= 0.3 is 0 Å². The molecule has 1 aromatic carbocycles. The minimum atomic E-state index is -0.435. The monoisotopic (exact) mass is 252 g/mol. The van der Waals surface area contributed by atoms with Crippen LogP contribution in [0, 0.1) is 11.7 Å². The summed E-state index contributed by atoms with van der Waals surface area (Å²) in [5, 5.41) is 0. The molecule has 0 saturated heterocycles. The zero-order valence-electron chi connectivity index (χ0n) is 11.3. The molecule has 0 N–H and O–H groups in total. The molecule has 3 heteroatoms. The van der Waals surface area contributed by atoms with Crippen molar-refractivity contribution >= 4 is 5.78 Å². The average molecular weight is 252 g/mol. The van der Waals surface area contributed by atoms with E-state index in [4.69, 9.17) is 4.74 Å². The van der Waals surface area contributed by atoms with Crippen molar-refractivity contribution in [3.8, 4) is 5.75 Å². The van der Waals surface area contributed by atoms with Gasteiger partial charge < -0.3 is 4.74 Å². The second kappa shape index (κ2) is 7.14. The first-order valence-electron chi connectivity index (χ1n) is 6.51. The number of Topliss-reactive ketones (excluding diaryl/α,β-unsaturated/α-hetero) is 1. The highest BCUT2D eigenvalue weighted by Crippen LogP contribution is 2.23. The Morgan fingerprint density at radius 2 is 2.11 bits per heavy atom. The standard InChI is InChI=1S/C15H21FO2/c1-4-6-7-11(5-2)15(17)12-8-9-13(16)14(10-12)18-3/h8-11H,4-7H2,1-3H3. The van der Waals surface area contributed by atoms with Crippen LogP contribution in [-0.2, 0) is 0 Å². The Labute approximate surface area is 108 Å². The molecule has 0 spiro atoms. The van der Waals surface area contributed by atoms with E-state index in [1.807, 2.05) is 6.92 Å². The number of halogens is 1. The SMILES string of the molecule is CCCCC(CC)C(=O)c1ccc(F)c(OC)c1. The zero-order valence-corrected chi connectivity index (χ0v) is 11.3. The fourth-order valence-electron chi connectivity index (χ4n) is 2.02. The summed E-state index contributed by atoms with van der Waals surface area (Å²) in [6.45, 7) is 4.12. The van der Waals surface area contributed by atoms with Gasteiger partial charge in [-0.2, -0.15) is 0 Å². The molecule has 0 aliphatic heterocycles. The Morgan fingerprint density at radius 3 is 2.67 bits per heavy atom. The van der Waals surface area contributed by atoms with Crippen molar-refractivity contribution in [1.29, 1.82) is 0 Å². The number of hydrogen-bond donors (Lipinski definition) is 0. The predicted molar refractivity (Wildman–Crippen MR) is 70.6 cm³/mol. The molecule has 1 aromatic rings. The summed E-state index contributed by atoms with van der Waals surface area (Å²) in [5.41, 5.74) is 0.538. The lowest BCUT2D eigenvalue weighted by atomic mass is 9.90. The Bertz CT molecular complexity index is 401. The van der Waals surface area contributed by atoms with Crippen molar-refractivity contribution < 1.29 is 13.9 Å². The molecule has 0 radical (unpaired) electrons. The number of benzene rings is 1. The maximum absolute atomic E-state index is 13.3. The number of carbonyl (C=O) groups is 1. The molecule has 0 aliphatic rings. The highest BCUT2D eigenvalue weighted by atomic mass is 19.1. The van der Waals surface area contributed by atoms with Gasteiger partial charge in [0.25, 0.3) is 0 Å². The summed E-state index contributed by atoms with van der Waals surface area (Å²) in [6, 6.07) is 4.32. The van der Waals surface area contributed by atoms with E-state index in [1.165, 1.54) is 25.3 Å². The van der Waals surface area contributed by atoms with Crippen molar-refractivity contribution in [3.05, 3.63) is 29.6 Å². The van der Waals surface area contributed by atoms with Gasteiger partial charge in [-0.15, -0.1) is 0 Å². The Morgan fingerprint density at radius 1 is 1.39 bits per heavy atom. The number of unbranched alkanes of at least 4 members (excludes halogenated alkanes) is 1. The number of methoxy groups -OCH3 is 1. The van der Waals surface area contributed by atoms with Gasteiger partial charge in [0.05, 0.1) is 7.11 Å². The first kappa shape index (κ1) is 14.7. The number of ketones is 1. The molecule has 2 nitrogen and oxygen atoms in total. The Hall–Kier alpha value is -1.38. The van der Waals surface area contributed by atoms with Crippen LogP contribution in [0.15, 0.2) is 18.2 Å². The molecule has 0 aromatic heterocycles. The van der Waals surface area contributed by atoms with Crippen molar-refractivity contribution in [2.45, 2.75) is 39.5 Å². The first-order valence-corrected chi connectivity index (χ1v) is 6.51. The topological polar surface area (TPSA) is 26.3 Å². The van der Waals surface area contributed by atoms with E-state index >= 15 is 0 Å². The number of ether oxygens (including phenoxy) is 1. The van der Waals surface area contributed by atoms with Gasteiger partial charge in [0.2, 0.25) is 0 Å². The van der Waals surface area contributed by atoms with Gasteiger partial charge in [-0.3, -0.25) is 4.79 Å². The summed E-state index contributed by atoms with van der Waals surface area (Å²) >= 11 is 0. The minimum Gasteiger partial charge on any atom is -0.494 e. The van der Waals surface area contributed by atoms with Crippen LogP contribution in [0.25, 0.3) is 0 Å². The minimum absolute atomic E-state index is 0.0279. The predicted octanol–water partition coefficient (Wildman–Crippen LogP) is 4.23. The lowest BCUT2D eigenvalue weighted by Gasteiger charge is -2.14. The first-order chi connectivity index (χ1) is 8.63. The maximum atomic E-state index is 13.3. The van der Waals surface area contributed by atoms with E-state index < -0.39 is 5.82 Å². The van der Waals surface area contributed by atoms with Gasteiger partial charge in [0.1, 0.15) is 0 Å². The van der Waals surface area contributed by atoms with Gasteiger partial charge in [-0.1, -0.05) is 26.7 Å². The van der Waals surface area contributed by atoms with Crippen LogP contribution in [-0.4, -0.2) is 12.9 Å². The van der Waals surface area contributed by atoms with E-state index in [0.29, 0.717) is 5.56 Å². The highest BCUT2D eigenvalue weighted by Gasteiger charge is 2.19. The Kier molecular flexibility index (Phi) is 5.83. The smallest absolute Gasteiger partial charge is 0.166 e. The largest absolute Gasteiger partial charge is 0.494 e. The van der Waals surface area contributed by atoms with Crippen LogP contribution in [0.3, 0.4) is 0 Å². The zero-order chi connectivity index (χ0) is 13.5. The van der Waals surface area contributed by atoms with Crippen LogP contribution < -0.4 is 4.74 Å². The summed E-state index contributed by atoms with van der Waals surface area (Å²) in [7, 11) is 1.40. The van der Waals surface area contributed by atoms with E-state index in [1.54, 1.807) is 0 Å². The van der Waals surface area contributed by atoms with E-state index in [2.05, 4.69) is 6.92 Å². The molecule has 1 unspecified atom stereocenters. The van der Waals surface area contributed by atoms with Crippen LogP contribution in [0.4, 0.5) is 4.39 Å². The summed E-state index contributed by atoms with van der Waals surface area (Å²) in [6.07, 6.45) is 3.84. The Balaban J connectivity index is 2.87.